The van der Waals surface area contributed by atoms with Crippen LogP contribution in [-0.2, 0) is 9.53 Å². The van der Waals surface area contributed by atoms with Crippen LogP contribution >= 0.6 is 0 Å². The first-order valence-corrected chi connectivity index (χ1v) is 10.0. The number of rotatable bonds is 10. The molecule has 0 radical (unpaired) electrons. The second-order valence-corrected chi connectivity index (χ2v) is 6.92. The number of hydrogen-bond acceptors (Lipinski definition) is 5. The van der Waals surface area contributed by atoms with Gasteiger partial charge in [-0.05, 0) is 43.2 Å². The highest BCUT2D eigenvalue weighted by Crippen LogP contribution is 2.23. The third kappa shape index (κ3) is 6.35. The van der Waals surface area contributed by atoms with Gasteiger partial charge in [0.2, 0.25) is 5.91 Å². The van der Waals surface area contributed by atoms with E-state index in [0.717, 1.165) is 19.4 Å². The molecule has 3 rings (SSSR count). The minimum absolute atomic E-state index is 0.0524. The van der Waals surface area contributed by atoms with Crippen molar-refractivity contribution in [1.82, 2.24) is 5.32 Å². The molecule has 0 bridgehead atoms. The molecule has 0 saturated carbocycles. The summed E-state index contributed by atoms with van der Waals surface area (Å²) in [6, 6.07) is 14.3. The van der Waals surface area contributed by atoms with Gasteiger partial charge in [-0.25, -0.2) is 0 Å². The molecule has 0 spiro atoms. The summed E-state index contributed by atoms with van der Waals surface area (Å²) in [5.41, 5.74) is 1.81. The van der Waals surface area contributed by atoms with E-state index in [0.29, 0.717) is 35.8 Å². The van der Waals surface area contributed by atoms with Gasteiger partial charge in [0.05, 0.1) is 18.3 Å². The second-order valence-electron chi connectivity index (χ2n) is 6.92. The van der Waals surface area contributed by atoms with E-state index in [9.17, 15) is 9.59 Å². The summed E-state index contributed by atoms with van der Waals surface area (Å²) in [6.45, 7) is 5.29. The Balaban J connectivity index is 1.50. The molecule has 2 aromatic rings. The molecule has 1 saturated heterocycles. The molecule has 1 aliphatic heterocycles. The maximum Gasteiger partial charge on any atom is 0.251 e. The summed E-state index contributed by atoms with van der Waals surface area (Å²) >= 11 is 0. The summed E-state index contributed by atoms with van der Waals surface area (Å²) < 4.78 is 11.1. The van der Waals surface area contributed by atoms with Crippen molar-refractivity contribution >= 4 is 23.2 Å². The molecule has 3 N–H and O–H groups in total. The van der Waals surface area contributed by atoms with Crippen LogP contribution in [0.5, 0.6) is 5.75 Å². The van der Waals surface area contributed by atoms with Crippen LogP contribution in [0.15, 0.2) is 61.2 Å². The van der Waals surface area contributed by atoms with Gasteiger partial charge in [0.1, 0.15) is 12.4 Å². The van der Waals surface area contributed by atoms with Crippen molar-refractivity contribution in [3.05, 3.63) is 66.7 Å². The van der Waals surface area contributed by atoms with Crippen LogP contribution < -0.4 is 20.7 Å². The number of anilines is 2. The van der Waals surface area contributed by atoms with E-state index in [1.807, 2.05) is 18.2 Å². The lowest BCUT2D eigenvalue weighted by Crippen LogP contribution is -2.31. The van der Waals surface area contributed by atoms with Crippen molar-refractivity contribution in [1.29, 1.82) is 0 Å². The lowest BCUT2D eigenvalue weighted by Gasteiger charge is -2.13. The zero-order valence-electron chi connectivity index (χ0n) is 16.9. The SMILES string of the molecule is C=CCOc1ccccc1NC(=O)CNc1cccc(C(=O)NCC2CCCO2)c1. The van der Waals surface area contributed by atoms with E-state index in [-0.39, 0.29) is 24.5 Å². The standard InChI is InChI=1S/C23H27N3O4/c1-2-12-30-21-11-4-3-10-20(21)26-22(27)16-24-18-8-5-7-17(14-18)23(28)25-15-19-9-6-13-29-19/h2-5,7-8,10-11,14,19,24H,1,6,9,12-13,15-16H2,(H,25,28)(H,26,27). The van der Waals surface area contributed by atoms with Gasteiger partial charge in [-0.2, -0.15) is 0 Å². The summed E-state index contributed by atoms with van der Waals surface area (Å²) in [6.07, 6.45) is 3.74. The van der Waals surface area contributed by atoms with Gasteiger partial charge < -0.3 is 25.4 Å². The minimum atomic E-state index is -0.224. The first kappa shape index (κ1) is 21.4. The average Bonchev–Trinajstić information content (AvgIpc) is 3.29. The Bertz CT molecular complexity index is 878. The number of para-hydroxylation sites is 2. The zero-order valence-corrected chi connectivity index (χ0v) is 16.9. The maximum absolute atomic E-state index is 12.4. The highest BCUT2D eigenvalue weighted by atomic mass is 16.5. The van der Waals surface area contributed by atoms with E-state index >= 15 is 0 Å². The minimum Gasteiger partial charge on any atom is -0.487 e. The van der Waals surface area contributed by atoms with Gasteiger partial charge in [-0.15, -0.1) is 0 Å². The zero-order chi connectivity index (χ0) is 21.2. The van der Waals surface area contributed by atoms with E-state index in [4.69, 9.17) is 9.47 Å². The van der Waals surface area contributed by atoms with Crippen molar-refractivity contribution in [2.24, 2.45) is 0 Å². The molecule has 1 atom stereocenters. The molecule has 1 heterocycles. The highest BCUT2D eigenvalue weighted by molar-refractivity contribution is 5.96. The molecule has 1 fully saturated rings. The Morgan fingerprint density at radius 1 is 1.20 bits per heavy atom. The highest BCUT2D eigenvalue weighted by Gasteiger charge is 2.16. The molecule has 30 heavy (non-hydrogen) atoms. The normalized spacial score (nSPS) is 15.3. The van der Waals surface area contributed by atoms with Crippen LogP contribution in [0.2, 0.25) is 0 Å². The van der Waals surface area contributed by atoms with E-state index < -0.39 is 0 Å². The molecular weight excluding hydrogens is 382 g/mol. The molecule has 158 valence electrons. The van der Waals surface area contributed by atoms with Gasteiger partial charge in [0.15, 0.2) is 0 Å². The van der Waals surface area contributed by atoms with Crippen molar-refractivity contribution in [3.8, 4) is 5.75 Å². The quantitative estimate of drug-likeness (QED) is 0.525. The van der Waals surface area contributed by atoms with Crippen LogP contribution in [-0.4, -0.2) is 44.2 Å². The third-order valence-electron chi connectivity index (χ3n) is 4.61. The van der Waals surface area contributed by atoms with Crippen LogP contribution in [0.25, 0.3) is 0 Å². The first-order valence-electron chi connectivity index (χ1n) is 10.0. The predicted molar refractivity (Wildman–Crippen MR) is 117 cm³/mol. The van der Waals surface area contributed by atoms with E-state index in [2.05, 4.69) is 22.5 Å². The fourth-order valence-corrected chi connectivity index (χ4v) is 3.11. The Labute approximate surface area is 176 Å². The Hall–Kier alpha value is -3.32. The maximum atomic E-state index is 12.4. The van der Waals surface area contributed by atoms with Crippen LogP contribution in [0.3, 0.4) is 0 Å². The topological polar surface area (TPSA) is 88.7 Å². The first-order chi connectivity index (χ1) is 14.7. The summed E-state index contributed by atoms with van der Waals surface area (Å²) in [5, 5.41) is 8.77. The number of amides is 2. The number of hydrogen-bond donors (Lipinski definition) is 3. The number of ether oxygens (including phenoxy) is 2. The summed E-state index contributed by atoms with van der Waals surface area (Å²) in [5.74, 6) is 0.195. The lowest BCUT2D eigenvalue weighted by molar-refractivity contribution is -0.114. The number of carbonyl (C=O) groups excluding carboxylic acids is 2. The molecule has 1 aliphatic rings. The Kier molecular flexibility index (Phi) is 7.86. The molecule has 2 aromatic carbocycles. The van der Waals surface area contributed by atoms with Crippen LogP contribution in [0.1, 0.15) is 23.2 Å². The van der Waals surface area contributed by atoms with Gasteiger partial charge in [-0.3, -0.25) is 9.59 Å². The molecule has 0 aliphatic carbocycles. The lowest BCUT2D eigenvalue weighted by atomic mass is 10.1. The van der Waals surface area contributed by atoms with Gasteiger partial charge in [0, 0.05) is 24.4 Å². The molecule has 7 heteroatoms. The monoisotopic (exact) mass is 409 g/mol. The summed E-state index contributed by atoms with van der Waals surface area (Å²) in [7, 11) is 0. The third-order valence-corrected chi connectivity index (χ3v) is 4.61. The van der Waals surface area contributed by atoms with Crippen molar-refractivity contribution in [2.45, 2.75) is 18.9 Å². The van der Waals surface area contributed by atoms with Crippen molar-refractivity contribution < 1.29 is 19.1 Å². The van der Waals surface area contributed by atoms with Crippen molar-refractivity contribution in [3.63, 3.8) is 0 Å². The Morgan fingerprint density at radius 3 is 2.87 bits per heavy atom. The predicted octanol–water partition coefficient (Wildman–Crippen LogP) is 3.21. The second kappa shape index (κ2) is 11.0. The number of carbonyl (C=O) groups is 2. The number of benzene rings is 2. The smallest absolute Gasteiger partial charge is 0.251 e. The van der Waals surface area contributed by atoms with E-state index in [1.165, 1.54) is 0 Å². The molecular formula is C23H27N3O4. The molecule has 1 unspecified atom stereocenters. The van der Waals surface area contributed by atoms with Gasteiger partial charge in [0.25, 0.3) is 5.91 Å². The van der Waals surface area contributed by atoms with Crippen molar-refractivity contribution in [2.75, 3.05) is 36.9 Å². The van der Waals surface area contributed by atoms with E-state index in [1.54, 1.807) is 36.4 Å². The van der Waals surface area contributed by atoms with Crippen LogP contribution in [0, 0.1) is 0 Å². The average molecular weight is 409 g/mol. The van der Waals surface area contributed by atoms with Gasteiger partial charge in [-0.1, -0.05) is 30.9 Å². The molecule has 7 nitrogen and oxygen atoms in total. The summed E-state index contributed by atoms with van der Waals surface area (Å²) in [4.78, 5) is 24.7. The molecule has 2 amide bonds. The van der Waals surface area contributed by atoms with Gasteiger partial charge >= 0.3 is 0 Å². The largest absolute Gasteiger partial charge is 0.487 e. The Morgan fingerprint density at radius 2 is 2.07 bits per heavy atom. The fourth-order valence-electron chi connectivity index (χ4n) is 3.11. The number of nitrogens with one attached hydrogen (secondary N) is 3. The van der Waals surface area contributed by atoms with Crippen LogP contribution in [0.4, 0.5) is 11.4 Å². The molecule has 0 aromatic heterocycles. The fraction of sp³-hybridized carbons (Fsp3) is 0.304.